The Morgan fingerprint density at radius 3 is 2.17 bits per heavy atom. The van der Waals surface area contributed by atoms with Crippen molar-refractivity contribution in [3.8, 4) is 5.75 Å². The van der Waals surface area contributed by atoms with Gasteiger partial charge in [0.2, 0.25) is 0 Å². The minimum atomic E-state index is -3.70. The molecule has 2 N–H and O–H groups in total. The molecule has 2 rings (SSSR count). The molecule has 29 heavy (non-hydrogen) atoms. The molecule has 0 aliphatic carbocycles. The van der Waals surface area contributed by atoms with E-state index in [1.165, 1.54) is 6.07 Å². The van der Waals surface area contributed by atoms with Gasteiger partial charge in [-0.1, -0.05) is 12.1 Å². The van der Waals surface area contributed by atoms with Crippen molar-refractivity contribution in [1.82, 2.24) is 4.98 Å². The Morgan fingerprint density at radius 2 is 1.66 bits per heavy atom. The summed E-state index contributed by atoms with van der Waals surface area (Å²) in [6.07, 6.45) is 1.40. The molecule has 9 nitrogen and oxygen atoms in total. The Kier molecular flexibility index (Phi) is 6.48. The quantitative estimate of drug-likeness (QED) is 0.710. The summed E-state index contributed by atoms with van der Waals surface area (Å²) in [6, 6.07) is 8.01. The molecule has 0 fully saturated rings. The molecule has 0 bridgehead atoms. The van der Waals surface area contributed by atoms with Gasteiger partial charge in [-0.3, -0.25) is 10.1 Å². The molecular formula is C19H23N3O6S. The number of para-hydroxylation sites is 2. The third-order valence-corrected chi connectivity index (χ3v) is 3.82. The van der Waals surface area contributed by atoms with Crippen molar-refractivity contribution in [2.45, 2.75) is 33.3 Å². The van der Waals surface area contributed by atoms with Crippen LogP contribution in [0.15, 0.2) is 36.5 Å². The molecule has 156 valence electrons. The number of hydrogen-bond donors (Lipinski definition) is 2. The molecule has 2 aromatic rings. The number of aromatic nitrogens is 1. The lowest BCUT2D eigenvalue weighted by atomic mass is 10.2. The van der Waals surface area contributed by atoms with E-state index in [-0.39, 0.29) is 11.4 Å². The Balaban J connectivity index is 2.18. The Labute approximate surface area is 169 Å². The summed E-state index contributed by atoms with van der Waals surface area (Å²) in [5.74, 6) is -0.527. The van der Waals surface area contributed by atoms with Crippen molar-refractivity contribution in [2.75, 3.05) is 16.9 Å². The van der Waals surface area contributed by atoms with Gasteiger partial charge in [0.05, 0.1) is 23.8 Å². The Morgan fingerprint density at radius 1 is 1.07 bits per heavy atom. The third-order valence-electron chi connectivity index (χ3n) is 3.33. The average Bonchev–Trinajstić information content (AvgIpc) is 2.53. The Bertz CT molecular complexity index is 1030. The van der Waals surface area contributed by atoms with Crippen molar-refractivity contribution in [3.63, 3.8) is 0 Å². The molecule has 0 aliphatic rings. The zero-order valence-electron chi connectivity index (χ0n) is 16.8. The molecule has 0 unspecified atom stereocenters. The number of nitrogens with zero attached hydrogens (tertiary/aromatic N) is 1. The lowest BCUT2D eigenvalue weighted by Gasteiger charge is -2.20. The normalized spacial score (nSPS) is 11.5. The van der Waals surface area contributed by atoms with E-state index in [0.29, 0.717) is 16.9 Å². The number of nitrogens with one attached hydrogen (secondary N) is 2. The maximum absolute atomic E-state index is 12.6. The highest BCUT2D eigenvalue weighted by atomic mass is 32.2. The van der Waals surface area contributed by atoms with Crippen LogP contribution in [0.5, 0.6) is 5.75 Å². The van der Waals surface area contributed by atoms with Crippen LogP contribution >= 0.6 is 0 Å². The van der Waals surface area contributed by atoms with Crippen molar-refractivity contribution in [2.24, 2.45) is 0 Å². The van der Waals surface area contributed by atoms with Crippen LogP contribution in [0.3, 0.4) is 0 Å². The van der Waals surface area contributed by atoms with Crippen LogP contribution in [0, 0.1) is 6.92 Å². The summed E-state index contributed by atoms with van der Waals surface area (Å²) >= 11 is 0. The molecule has 0 radical (unpaired) electrons. The number of benzene rings is 1. The number of hydrogen-bond acceptors (Lipinski definition) is 7. The van der Waals surface area contributed by atoms with E-state index in [2.05, 4.69) is 15.6 Å². The topological polar surface area (TPSA) is 124 Å². The van der Waals surface area contributed by atoms with E-state index in [1.54, 1.807) is 52.0 Å². The first kappa shape index (κ1) is 22.2. The number of amides is 2. The summed E-state index contributed by atoms with van der Waals surface area (Å²) in [5, 5.41) is 5.26. The summed E-state index contributed by atoms with van der Waals surface area (Å²) in [4.78, 5) is 28.6. The van der Waals surface area contributed by atoms with E-state index in [4.69, 9.17) is 8.92 Å². The second-order valence-corrected chi connectivity index (χ2v) is 8.83. The van der Waals surface area contributed by atoms with Gasteiger partial charge in [-0.25, -0.2) is 9.78 Å². The molecule has 1 aromatic carbocycles. The average molecular weight is 421 g/mol. The second-order valence-electron chi connectivity index (χ2n) is 7.25. The van der Waals surface area contributed by atoms with E-state index in [1.807, 2.05) is 0 Å². The van der Waals surface area contributed by atoms with Crippen molar-refractivity contribution in [3.05, 3.63) is 47.8 Å². The van der Waals surface area contributed by atoms with Crippen molar-refractivity contribution in [1.29, 1.82) is 0 Å². The van der Waals surface area contributed by atoms with Gasteiger partial charge in [0.15, 0.2) is 5.75 Å². The van der Waals surface area contributed by atoms with Gasteiger partial charge in [0.25, 0.3) is 5.91 Å². The minimum absolute atomic E-state index is 0.00791. The summed E-state index contributed by atoms with van der Waals surface area (Å²) < 4.78 is 32.4. The van der Waals surface area contributed by atoms with Crippen LogP contribution < -0.4 is 14.8 Å². The number of rotatable bonds is 5. The van der Waals surface area contributed by atoms with Crippen molar-refractivity contribution < 1.29 is 26.9 Å². The first-order chi connectivity index (χ1) is 13.3. The highest BCUT2D eigenvalue weighted by Gasteiger charge is 2.19. The molecule has 0 spiro atoms. The highest BCUT2D eigenvalue weighted by molar-refractivity contribution is 7.86. The maximum Gasteiger partial charge on any atom is 0.412 e. The van der Waals surface area contributed by atoms with Crippen LogP contribution in [-0.4, -0.2) is 37.3 Å². The number of pyridine rings is 1. The van der Waals surface area contributed by atoms with E-state index < -0.39 is 27.7 Å². The van der Waals surface area contributed by atoms with E-state index in [0.717, 1.165) is 12.5 Å². The molecule has 0 aliphatic heterocycles. The molecule has 0 atom stereocenters. The molecular weight excluding hydrogens is 398 g/mol. The Hall–Kier alpha value is -3.14. The van der Waals surface area contributed by atoms with Crippen LogP contribution in [0.4, 0.5) is 16.2 Å². The second kappa shape index (κ2) is 8.48. The molecule has 0 saturated carbocycles. The van der Waals surface area contributed by atoms with Crippen LogP contribution in [-0.2, 0) is 14.9 Å². The van der Waals surface area contributed by atoms with Gasteiger partial charge in [-0.2, -0.15) is 8.42 Å². The number of ether oxygens (including phenoxy) is 1. The van der Waals surface area contributed by atoms with Crippen LogP contribution in [0.2, 0.25) is 0 Å². The number of carbonyl (C=O) groups excluding carboxylic acids is 2. The van der Waals surface area contributed by atoms with Gasteiger partial charge >= 0.3 is 16.2 Å². The lowest BCUT2D eigenvalue weighted by molar-refractivity contribution is 0.0635. The zero-order valence-corrected chi connectivity index (χ0v) is 17.6. The molecule has 1 aromatic heterocycles. The fraction of sp³-hybridized carbons (Fsp3) is 0.316. The van der Waals surface area contributed by atoms with Crippen LogP contribution in [0.1, 0.15) is 36.8 Å². The number of carbonyl (C=O) groups is 2. The number of anilines is 2. The summed E-state index contributed by atoms with van der Waals surface area (Å²) in [7, 11) is -3.70. The fourth-order valence-electron chi connectivity index (χ4n) is 2.30. The molecule has 2 amide bonds. The van der Waals surface area contributed by atoms with Crippen LogP contribution in [0.25, 0.3) is 0 Å². The van der Waals surface area contributed by atoms with Gasteiger partial charge in [-0.05, 0) is 51.5 Å². The standard InChI is InChI=1S/C19H23N3O6S/c1-12-10-13(28-29(5,25)26)11-20-16(12)17(23)21-14-8-6-7-9-15(14)22-18(24)27-19(2,3)4/h6-11H,1-5H3,(H,21,23)(H,22,24). The summed E-state index contributed by atoms with van der Waals surface area (Å²) in [6.45, 7) is 6.82. The largest absolute Gasteiger partial charge is 0.444 e. The SMILES string of the molecule is Cc1cc(OS(C)(=O)=O)cnc1C(=O)Nc1ccccc1NC(=O)OC(C)(C)C. The smallest absolute Gasteiger partial charge is 0.412 e. The molecule has 1 heterocycles. The van der Waals surface area contributed by atoms with E-state index >= 15 is 0 Å². The van der Waals surface area contributed by atoms with Gasteiger partial charge in [0.1, 0.15) is 11.3 Å². The predicted molar refractivity (Wildman–Crippen MR) is 109 cm³/mol. The fourth-order valence-corrected chi connectivity index (χ4v) is 2.74. The lowest BCUT2D eigenvalue weighted by Crippen LogP contribution is -2.27. The number of aryl methyl sites for hydroxylation is 1. The van der Waals surface area contributed by atoms with Gasteiger partial charge < -0.3 is 14.2 Å². The van der Waals surface area contributed by atoms with Gasteiger partial charge in [-0.15, -0.1) is 0 Å². The van der Waals surface area contributed by atoms with Crippen molar-refractivity contribution >= 4 is 33.5 Å². The minimum Gasteiger partial charge on any atom is -0.444 e. The molecule has 10 heteroatoms. The predicted octanol–water partition coefficient (Wildman–Crippen LogP) is 3.33. The highest BCUT2D eigenvalue weighted by Crippen LogP contribution is 2.24. The molecule has 0 saturated heterocycles. The summed E-state index contributed by atoms with van der Waals surface area (Å²) in [5.41, 5.74) is 0.531. The maximum atomic E-state index is 12.6. The first-order valence-corrected chi connectivity index (χ1v) is 10.4. The zero-order chi connectivity index (χ0) is 21.8. The van der Waals surface area contributed by atoms with E-state index in [9.17, 15) is 18.0 Å². The van der Waals surface area contributed by atoms with Gasteiger partial charge in [0, 0.05) is 0 Å². The monoisotopic (exact) mass is 421 g/mol. The first-order valence-electron chi connectivity index (χ1n) is 8.60. The third kappa shape index (κ3) is 7.07.